The minimum absolute atomic E-state index is 0.260. The van der Waals surface area contributed by atoms with E-state index in [0.717, 1.165) is 29.4 Å². The Morgan fingerprint density at radius 1 is 1.47 bits per heavy atom. The van der Waals surface area contributed by atoms with Crippen LogP contribution < -0.4 is 5.73 Å². The van der Waals surface area contributed by atoms with Gasteiger partial charge in [0.1, 0.15) is 0 Å². The van der Waals surface area contributed by atoms with E-state index < -0.39 is 5.41 Å². The van der Waals surface area contributed by atoms with Gasteiger partial charge in [-0.2, -0.15) is 0 Å². The molecular weight excluding hydrogens is 190 g/mol. The van der Waals surface area contributed by atoms with Gasteiger partial charge in [0.05, 0.1) is 11.1 Å². The van der Waals surface area contributed by atoms with E-state index in [0.29, 0.717) is 0 Å². The van der Waals surface area contributed by atoms with Gasteiger partial charge in [-0.15, -0.1) is 0 Å². The van der Waals surface area contributed by atoms with Crippen molar-refractivity contribution >= 4 is 16.8 Å². The molecule has 0 saturated heterocycles. The van der Waals surface area contributed by atoms with Crippen LogP contribution in [0, 0.1) is 0 Å². The van der Waals surface area contributed by atoms with Crippen molar-refractivity contribution in [3.8, 4) is 0 Å². The fourth-order valence-electron chi connectivity index (χ4n) is 2.09. The predicted octanol–water partition coefficient (Wildman–Crippen LogP) is 1.08. The quantitative estimate of drug-likeness (QED) is 0.763. The first kappa shape index (κ1) is 8.47. The number of nitrogens with zero attached hydrogens (tertiary/aromatic N) is 1. The third-order valence-electron chi connectivity index (χ3n) is 3.15. The van der Waals surface area contributed by atoms with Crippen LogP contribution in [0.2, 0.25) is 0 Å². The van der Waals surface area contributed by atoms with Gasteiger partial charge in [0.2, 0.25) is 5.91 Å². The number of nitrogens with one attached hydrogen (secondary N) is 1. The van der Waals surface area contributed by atoms with Crippen molar-refractivity contribution in [3.63, 3.8) is 0 Å². The van der Waals surface area contributed by atoms with E-state index in [1.54, 1.807) is 6.20 Å². The maximum atomic E-state index is 11.4. The number of H-pyrrole nitrogens is 1. The van der Waals surface area contributed by atoms with Gasteiger partial charge in [0.25, 0.3) is 0 Å². The number of hydrogen-bond acceptors (Lipinski definition) is 2. The molecule has 2 aromatic rings. The molecular formula is C11H11N3O. The van der Waals surface area contributed by atoms with Crippen molar-refractivity contribution in [2.24, 2.45) is 5.73 Å². The van der Waals surface area contributed by atoms with Crippen molar-refractivity contribution in [1.29, 1.82) is 0 Å². The van der Waals surface area contributed by atoms with Crippen LogP contribution in [0.4, 0.5) is 0 Å². The standard InChI is InChI=1S/C11H11N3O/c12-10(15)11(3-4-11)9-7-1-5-13-8(7)2-6-14-9/h1-2,5-6,13H,3-4H2,(H2,12,15). The molecule has 1 fully saturated rings. The number of primary amides is 1. The van der Waals surface area contributed by atoms with E-state index in [4.69, 9.17) is 5.73 Å². The number of hydrogen-bond donors (Lipinski definition) is 2. The number of pyridine rings is 1. The molecule has 4 nitrogen and oxygen atoms in total. The van der Waals surface area contributed by atoms with E-state index in [-0.39, 0.29) is 5.91 Å². The van der Waals surface area contributed by atoms with Crippen molar-refractivity contribution in [1.82, 2.24) is 9.97 Å². The Hall–Kier alpha value is -1.84. The van der Waals surface area contributed by atoms with Gasteiger partial charge in [0, 0.05) is 23.3 Å². The molecule has 4 heteroatoms. The van der Waals surface area contributed by atoms with Gasteiger partial charge in [0.15, 0.2) is 0 Å². The first-order valence-corrected chi connectivity index (χ1v) is 4.96. The number of amides is 1. The number of fused-ring (bicyclic) bond motifs is 1. The number of carbonyl (C=O) groups is 1. The van der Waals surface area contributed by atoms with E-state index in [9.17, 15) is 4.79 Å². The summed E-state index contributed by atoms with van der Waals surface area (Å²) < 4.78 is 0. The van der Waals surface area contributed by atoms with Crippen LogP contribution >= 0.6 is 0 Å². The van der Waals surface area contributed by atoms with Crippen LogP contribution in [0.1, 0.15) is 18.5 Å². The predicted molar refractivity (Wildman–Crippen MR) is 56.2 cm³/mol. The van der Waals surface area contributed by atoms with E-state index in [2.05, 4.69) is 9.97 Å². The first-order chi connectivity index (χ1) is 7.24. The minimum Gasteiger partial charge on any atom is -0.369 e. The van der Waals surface area contributed by atoms with Gasteiger partial charge >= 0.3 is 0 Å². The van der Waals surface area contributed by atoms with Crippen LogP contribution in [-0.2, 0) is 10.2 Å². The van der Waals surface area contributed by atoms with Crippen molar-refractivity contribution in [2.75, 3.05) is 0 Å². The Labute approximate surface area is 86.5 Å². The summed E-state index contributed by atoms with van der Waals surface area (Å²) in [6.45, 7) is 0. The largest absolute Gasteiger partial charge is 0.369 e. The number of aromatic nitrogens is 2. The molecule has 3 rings (SSSR count). The Balaban J connectivity index is 2.27. The first-order valence-electron chi connectivity index (χ1n) is 4.96. The summed E-state index contributed by atoms with van der Waals surface area (Å²) in [4.78, 5) is 18.8. The van der Waals surface area contributed by atoms with Gasteiger partial charge in [-0.3, -0.25) is 9.78 Å². The average Bonchev–Trinajstić information content (AvgIpc) is 2.89. The highest BCUT2D eigenvalue weighted by Crippen LogP contribution is 2.48. The molecule has 0 spiro atoms. The lowest BCUT2D eigenvalue weighted by Crippen LogP contribution is -2.29. The second-order valence-corrected chi connectivity index (χ2v) is 4.04. The number of carbonyl (C=O) groups excluding carboxylic acids is 1. The van der Waals surface area contributed by atoms with Gasteiger partial charge in [-0.25, -0.2) is 0 Å². The maximum Gasteiger partial charge on any atom is 0.229 e. The average molecular weight is 201 g/mol. The zero-order valence-corrected chi connectivity index (χ0v) is 8.16. The summed E-state index contributed by atoms with van der Waals surface area (Å²) in [6, 6.07) is 3.84. The molecule has 15 heavy (non-hydrogen) atoms. The van der Waals surface area contributed by atoms with Crippen molar-refractivity contribution in [2.45, 2.75) is 18.3 Å². The summed E-state index contributed by atoms with van der Waals surface area (Å²) in [5.74, 6) is -0.260. The molecule has 2 heterocycles. The lowest BCUT2D eigenvalue weighted by atomic mass is 9.98. The van der Waals surface area contributed by atoms with Crippen LogP contribution in [0.5, 0.6) is 0 Å². The third kappa shape index (κ3) is 1.02. The van der Waals surface area contributed by atoms with E-state index >= 15 is 0 Å². The van der Waals surface area contributed by atoms with Crippen molar-refractivity contribution in [3.05, 3.63) is 30.2 Å². The van der Waals surface area contributed by atoms with Gasteiger partial charge in [-0.05, 0) is 25.0 Å². The molecule has 76 valence electrons. The molecule has 1 amide bonds. The summed E-state index contributed by atoms with van der Waals surface area (Å²) in [7, 11) is 0. The Bertz CT molecular complexity index is 540. The Morgan fingerprint density at radius 3 is 2.93 bits per heavy atom. The number of aromatic amines is 1. The van der Waals surface area contributed by atoms with Crippen LogP contribution in [0.3, 0.4) is 0 Å². The highest BCUT2D eigenvalue weighted by molar-refractivity contribution is 5.95. The SMILES string of the molecule is NC(=O)C1(c2nccc3[nH]ccc23)CC1. The number of rotatable bonds is 2. The van der Waals surface area contributed by atoms with Crippen LogP contribution in [-0.4, -0.2) is 15.9 Å². The highest BCUT2D eigenvalue weighted by Gasteiger charge is 2.52. The lowest BCUT2D eigenvalue weighted by Gasteiger charge is -2.10. The molecule has 3 N–H and O–H groups in total. The molecule has 2 aromatic heterocycles. The smallest absolute Gasteiger partial charge is 0.229 e. The van der Waals surface area contributed by atoms with Crippen LogP contribution in [0.25, 0.3) is 10.9 Å². The van der Waals surface area contributed by atoms with Crippen LogP contribution in [0.15, 0.2) is 24.5 Å². The maximum absolute atomic E-state index is 11.4. The molecule has 0 atom stereocenters. The second kappa shape index (κ2) is 2.59. The molecule has 0 bridgehead atoms. The van der Waals surface area contributed by atoms with Gasteiger partial charge < -0.3 is 10.7 Å². The monoisotopic (exact) mass is 201 g/mol. The third-order valence-corrected chi connectivity index (χ3v) is 3.15. The molecule has 0 aromatic carbocycles. The highest BCUT2D eigenvalue weighted by atomic mass is 16.1. The van der Waals surface area contributed by atoms with Crippen molar-refractivity contribution < 1.29 is 4.79 Å². The zero-order valence-electron chi connectivity index (χ0n) is 8.16. The Kier molecular flexibility index (Phi) is 1.46. The fourth-order valence-corrected chi connectivity index (χ4v) is 2.09. The normalized spacial score (nSPS) is 17.9. The second-order valence-electron chi connectivity index (χ2n) is 4.04. The summed E-state index contributed by atoms with van der Waals surface area (Å²) in [6.07, 6.45) is 5.21. The minimum atomic E-state index is -0.498. The van der Waals surface area contributed by atoms with E-state index in [1.807, 2.05) is 18.3 Å². The topological polar surface area (TPSA) is 71.8 Å². The summed E-state index contributed by atoms with van der Waals surface area (Å²) >= 11 is 0. The number of nitrogens with two attached hydrogens (primary N) is 1. The molecule has 0 aliphatic heterocycles. The molecule has 1 aliphatic rings. The molecule has 1 saturated carbocycles. The van der Waals surface area contributed by atoms with E-state index in [1.165, 1.54) is 0 Å². The molecule has 0 unspecified atom stereocenters. The van der Waals surface area contributed by atoms with Gasteiger partial charge in [-0.1, -0.05) is 0 Å². The Morgan fingerprint density at radius 2 is 2.27 bits per heavy atom. The molecule has 0 radical (unpaired) electrons. The fraction of sp³-hybridized carbons (Fsp3) is 0.273. The zero-order chi connectivity index (χ0) is 10.5. The molecule has 1 aliphatic carbocycles. The summed E-state index contributed by atoms with van der Waals surface area (Å²) in [5, 5.41) is 1.01. The summed E-state index contributed by atoms with van der Waals surface area (Å²) in [5.41, 5.74) is 6.77. The lowest BCUT2D eigenvalue weighted by molar-refractivity contribution is -0.120.